The molecule has 2 nitrogen and oxygen atoms in total. The highest BCUT2D eigenvalue weighted by Crippen LogP contribution is 2.33. The van der Waals surface area contributed by atoms with E-state index < -0.39 is 0 Å². The smallest absolute Gasteiger partial charge is 0.188 e. The molecule has 0 aliphatic heterocycles. The Bertz CT molecular complexity index is 464. The van der Waals surface area contributed by atoms with Crippen molar-refractivity contribution in [2.75, 3.05) is 5.32 Å². The van der Waals surface area contributed by atoms with Crippen LogP contribution in [-0.2, 0) is 0 Å². The van der Waals surface area contributed by atoms with Crippen LogP contribution in [0, 0.1) is 0 Å². The molecule has 78 valence electrons. The second-order valence-corrected chi connectivity index (χ2v) is 4.76. The number of benzene rings is 1. The number of hydrogen-bond donors (Lipinski definition) is 1. The molecule has 0 bridgehead atoms. The number of para-hydroxylation sites is 1. The molecule has 0 saturated carbocycles. The van der Waals surface area contributed by atoms with Crippen LogP contribution in [0.2, 0.25) is 15.2 Å². The van der Waals surface area contributed by atoms with Crippen molar-refractivity contribution in [2.45, 2.75) is 0 Å². The lowest BCUT2D eigenvalue weighted by atomic mass is 10.3. The van der Waals surface area contributed by atoms with Gasteiger partial charge in [-0.25, -0.2) is 4.98 Å². The number of nitrogens with one attached hydrogen (secondary N) is 1. The molecule has 15 heavy (non-hydrogen) atoms. The summed E-state index contributed by atoms with van der Waals surface area (Å²) in [6.45, 7) is 0. The van der Waals surface area contributed by atoms with Crippen LogP contribution in [0.25, 0.3) is 0 Å². The molecule has 0 saturated heterocycles. The van der Waals surface area contributed by atoms with Crippen molar-refractivity contribution in [1.29, 1.82) is 0 Å². The highest BCUT2D eigenvalue weighted by molar-refractivity contribution is 7.14. The molecule has 0 unspecified atom stereocenters. The molecule has 0 radical (unpaired) electrons. The summed E-state index contributed by atoms with van der Waals surface area (Å²) in [7, 11) is 0. The minimum absolute atomic E-state index is 0.450. The van der Waals surface area contributed by atoms with E-state index in [2.05, 4.69) is 10.3 Å². The molecule has 2 rings (SSSR count). The van der Waals surface area contributed by atoms with Crippen LogP contribution >= 0.6 is 46.1 Å². The lowest BCUT2D eigenvalue weighted by Gasteiger charge is -2.06. The van der Waals surface area contributed by atoms with Crippen LogP contribution in [0.4, 0.5) is 10.8 Å². The fourth-order valence-electron chi connectivity index (χ4n) is 1.04. The predicted molar refractivity (Wildman–Crippen MR) is 66.9 cm³/mol. The Kier molecular flexibility index (Phi) is 3.36. The van der Waals surface area contributed by atoms with Crippen molar-refractivity contribution >= 4 is 57.0 Å². The first-order valence-electron chi connectivity index (χ1n) is 3.99. The van der Waals surface area contributed by atoms with Gasteiger partial charge in [-0.05, 0) is 12.1 Å². The molecule has 1 heterocycles. The summed E-state index contributed by atoms with van der Waals surface area (Å²) in [5, 5.41) is 6.96. The van der Waals surface area contributed by atoms with Crippen LogP contribution in [0.3, 0.4) is 0 Å². The van der Waals surface area contributed by atoms with Crippen LogP contribution < -0.4 is 5.32 Å². The zero-order valence-electron chi connectivity index (χ0n) is 7.30. The molecule has 6 heteroatoms. The Morgan fingerprint density at radius 1 is 1.13 bits per heavy atom. The second-order valence-electron chi connectivity index (χ2n) is 2.70. The van der Waals surface area contributed by atoms with Gasteiger partial charge < -0.3 is 5.32 Å². The van der Waals surface area contributed by atoms with Crippen molar-refractivity contribution in [1.82, 2.24) is 4.98 Å². The molecule has 0 aliphatic carbocycles. The maximum atomic E-state index is 5.98. The zero-order valence-corrected chi connectivity index (χ0v) is 10.4. The van der Waals surface area contributed by atoms with Gasteiger partial charge in [0.1, 0.15) is 5.15 Å². The van der Waals surface area contributed by atoms with Crippen molar-refractivity contribution in [2.24, 2.45) is 0 Å². The SMILES string of the molecule is Clc1csc(Nc2c(Cl)cccc2Cl)n1. The van der Waals surface area contributed by atoms with Crippen molar-refractivity contribution < 1.29 is 0 Å². The van der Waals surface area contributed by atoms with Crippen molar-refractivity contribution in [3.63, 3.8) is 0 Å². The molecule has 1 N–H and O–H groups in total. The Hall–Kier alpha value is -0.480. The molecule has 0 fully saturated rings. The standard InChI is InChI=1S/C9H5Cl3N2S/c10-5-2-1-3-6(11)8(5)14-9-13-7(12)4-15-9/h1-4H,(H,13,14). The van der Waals surface area contributed by atoms with Gasteiger partial charge in [0.05, 0.1) is 15.7 Å². The van der Waals surface area contributed by atoms with E-state index in [0.717, 1.165) is 0 Å². The normalized spacial score (nSPS) is 10.3. The maximum absolute atomic E-state index is 5.98. The molecule has 2 aromatic rings. The van der Waals surface area contributed by atoms with Gasteiger partial charge in [0.2, 0.25) is 0 Å². The molecule has 0 amide bonds. The van der Waals surface area contributed by atoms with Gasteiger partial charge in [0.25, 0.3) is 0 Å². The second kappa shape index (κ2) is 4.58. The number of nitrogens with zero attached hydrogens (tertiary/aromatic N) is 1. The summed E-state index contributed by atoms with van der Waals surface area (Å²) in [6.07, 6.45) is 0. The lowest BCUT2D eigenvalue weighted by Crippen LogP contribution is -1.91. The number of aromatic nitrogens is 1. The monoisotopic (exact) mass is 278 g/mol. The highest BCUT2D eigenvalue weighted by Gasteiger charge is 2.07. The first-order valence-corrected chi connectivity index (χ1v) is 6.00. The average Bonchev–Trinajstić information content (AvgIpc) is 2.58. The summed E-state index contributed by atoms with van der Waals surface area (Å²) in [5.41, 5.74) is 0.645. The topological polar surface area (TPSA) is 24.9 Å². The third-order valence-electron chi connectivity index (χ3n) is 1.67. The van der Waals surface area contributed by atoms with Crippen LogP contribution in [-0.4, -0.2) is 4.98 Å². The lowest BCUT2D eigenvalue weighted by molar-refractivity contribution is 1.39. The Labute approximate surface area is 106 Å². The summed E-state index contributed by atoms with van der Waals surface area (Å²) in [5.74, 6) is 0. The van der Waals surface area contributed by atoms with Gasteiger partial charge in [0.15, 0.2) is 5.13 Å². The van der Waals surface area contributed by atoms with Gasteiger partial charge in [-0.3, -0.25) is 0 Å². The minimum atomic E-state index is 0.450. The fraction of sp³-hybridized carbons (Fsp3) is 0. The number of rotatable bonds is 2. The molecule has 1 aromatic heterocycles. The fourth-order valence-corrected chi connectivity index (χ4v) is 2.37. The van der Waals surface area contributed by atoms with Gasteiger partial charge in [0, 0.05) is 5.38 Å². The van der Waals surface area contributed by atoms with E-state index in [1.54, 1.807) is 23.6 Å². The summed E-state index contributed by atoms with van der Waals surface area (Å²) in [6, 6.07) is 5.29. The Morgan fingerprint density at radius 3 is 2.33 bits per heavy atom. The van der Waals surface area contributed by atoms with Crippen LogP contribution in [0.5, 0.6) is 0 Å². The average molecular weight is 280 g/mol. The largest absolute Gasteiger partial charge is 0.329 e. The van der Waals surface area contributed by atoms with E-state index in [-0.39, 0.29) is 0 Å². The minimum Gasteiger partial charge on any atom is -0.329 e. The molecular weight excluding hydrogens is 275 g/mol. The molecule has 0 spiro atoms. The predicted octanol–water partition coefficient (Wildman–Crippen LogP) is 4.85. The Balaban J connectivity index is 2.31. The van der Waals surface area contributed by atoms with E-state index in [9.17, 15) is 0 Å². The number of halogens is 3. The van der Waals surface area contributed by atoms with E-state index in [1.165, 1.54) is 11.3 Å². The zero-order chi connectivity index (χ0) is 10.8. The summed E-state index contributed by atoms with van der Waals surface area (Å²) in [4.78, 5) is 4.04. The number of thiazole rings is 1. The number of anilines is 2. The van der Waals surface area contributed by atoms with Crippen molar-refractivity contribution in [3.8, 4) is 0 Å². The molecule has 1 aromatic carbocycles. The first kappa shape index (κ1) is 11.0. The maximum Gasteiger partial charge on any atom is 0.188 e. The molecule has 0 atom stereocenters. The van der Waals surface area contributed by atoms with Crippen LogP contribution in [0.1, 0.15) is 0 Å². The van der Waals surface area contributed by atoms with Gasteiger partial charge in [-0.1, -0.05) is 40.9 Å². The van der Waals surface area contributed by atoms with E-state index >= 15 is 0 Å². The van der Waals surface area contributed by atoms with Crippen molar-refractivity contribution in [3.05, 3.63) is 38.8 Å². The third kappa shape index (κ3) is 2.55. The molecular formula is C9H5Cl3N2S. The third-order valence-corrected chi connectivity index (χ3v) is 3.38. The first-order chi connectivity index (χ1) is 7.16. The quantitative estimate of drug-likeness (QED) is 0.850. The van der Waals surface area contributed by atoms with Gasteiger partial charge in [-0.2, -0.15) is 0 Å². The summed E-state index contributed by atoms with van der Waals surface area (Å²) < 4.78 is 0. The molecule has 0 aliphatic rings. The van der Waals surface area contributed by atoms with E-state index in [1.807, 2.05) is 0 Å². The Morgan fingerprint density at radius 2 is 1.80 bits per heavy atom. The summed E-state index contributed by atoms with van der Waals surface area (Å²) >= 11 is 19.1. The van der Waals surface area contributed by atoms with E-state index in [4.69, 9.17) is 34.8 Å². The highest BCUT2D eigenvalue weighted by atomic mass is 35.5. The number of hydrogen-bond acceptors (Lipinski definition) is 3. The van der Waals surface area contributed by atoms with Gasteiger partial charge in [-0.15, -0.1) is 11.3 Å². The van der Waals surface area contributed by atoms with Crippen LogP contribution in [0.15, 0.2) is 23.6 Å². The van der Waals surface area contributed by atoms with Gasteiger partial charge >= 0.3 is 0 Å². The van der Waals surface area contributed by atoms with E-state index in [0.29, 0.717) is 26.0 Å².